The first-order valence-corrected chi connectivity index (χ1v) is 10.9. The Morgan fingerprint density at radius 1 is 1.10 bits per heavy atom. The van der Waals surface area contributed by atoms with Crippen LogP contribution >= 0.6 is 0 Å². The van der Waals surface area contributed by atoms with E-state index in [9.17, 15) is 0 Å². The molecule has 0 saturated carbocycles. The fourth-order valence-electron chi connectivity index (χ4n) is 1.09. The Balaban J connectivity index is 0. The van der Waals surface area contributed by atoms with Gasteiger partial charge in [-0.25, -0.2) is 0 Å². The predicted octanol–water partition coefficient (Wildman–Crippen LogP) is 2.90. The van der Waals surface area contributed by atoms with Crippen LogP contribution in [-0.2, 0) is 9.59 Å². The molecule has 1 rings (SSSR count). The molecule has 0 fully saturated rings. The van der Waals surface area contributed by atoms with Crippen LogP contribution in [0.1, 0.15) is 40.0 Å². The Morgan fingerprint density at radius 3 is 2.00 bits per heavy atom. The Hall–Kier alpha value is -1.18. The normalized spacial score (nSPS) is 9.10. The molecule has 0 atom stereocenters. The van der Waals surface area contributed by atoms with Crippen LogP contribution in [0.3, 0.4) is 0 Å². The van der Waals surface area contributed by atoms with Crippen LogP contribution in [0, 0.1) is 0 Å². The van der Waals surface area contributed by atoms with Crippen molar-refractivity contribution in [3.05, 3.63) is 40.0 Å². The van der Waals surface area contributed by atoms with Crippen LogP contribution in [0.4, 0.5) is 0 Å². The Labute approximate surface area is 139 Å². The average molecular weight is 488 g/mol. The van der Waals surface area contributed by atoms with Gasteiger partial charge >= 0.3 is 93.6 Å². The minimum atomic E-state index is -0.833. The predicted molar refractivity (Wildman–Crippen MR) is 87.1 cm³/mol. The first kappa shape index (κ1) is 22.1. The molecule has 4 nitrogen and oxygen atoms in total. The first-order valence-electron chi connectivity index (χ1n) is 6.75. The van der Waals surface area contributed by atoms with Gasteiger partial charge < -0.3 is 10.2 Å². The van der Waals surface area contributed by atoms with Crippen molar-refractivity contribution in [3.63, 3.8) is 0 Å². The molecule has 1 aromatic carbocycles. The fourth-order valence-corrected chi connectivity index (χ4v) is 4.45. The number of benzene rings is 1. The number of hydrogen-bond donors (Lipinski definition) is 2. The van der Waals surface area contributed by atoms with Crippen LogP contribution in [0.2, 0.25) is 0 Å². The molecule has 0 aliphatic heterocycles. The van der Waals surface area contributed by atoms with Gasteiger partial charge in [0.2, 0.25) is 0 Å². The van der Waals surface area contributed by atoms with Gasteiger partial charge in [0, 0.05) is 13.8 Å². The van der Waals surface area contributed by atoms with Crippen LogP contribution in [0.15, 0.2) is 40.0 Å². The summed E-state index contributed by atoms with van der Waals surface area (Å²) in [4.78, 5) is 18.0. The molecule has 0 unspecified atom stereocenters. The molecule has 0 amide bonds. The molecule has 21 heavy (non-hydrogen) atoms. The Bertz CT molecular complexity index is 382. The average Bonchev–Trinajstić information content (AvgIpc) is 2.38. The van der Waals surface area contributed by atoms with E-state index in [1.807, 2.05) is 0 Å². The van der Waals surface area contributed by atoms with Crippen molar-refractivity contribution >= 4 is 39.3 Å². The molecule has 0 aliphatic carbocycles. The molecule has 0 spiro atoms. The van der Waals surface area contributed by atoms with E-state index in [0.717, 1.165) is 13.8 Å². The number of unbranched alkanes of at least 4 members (excludes halogenated alkanes) is 2. The van der Waals surface area contributed by atoms with E-state index in [0.29, 0.717) is 0 Å². The third-order valence-corrected chi connectivity index (χ3v) is 6.02. The summed E-state index contributed by atoms with van der Waals surface area (Å²) in [5.74, 6) is -1.67. The van der Waals surface area contributed by atoms with Crippen molar-refractivity contribution in [2.75, 3.05) is 0 Å². The second-order valence-corrected chi connectivity index (χ2v) is 8.76. The van der Waals surface area contributed by atoms with Crippen molar-refractivity contribution in [3.8, 4) is 0 Å². The first-order chi connectivity index (χ1) is 9.90. The summed E-state index contributed by atoms with van der Waals surface area (Å²) in [6, 6.07) is 10.9. The van der Waals surface area contributed by atoms with Crippen molar-refractivity contribution in [2.24, 2.45) is 0 Å². The molecular formula is C16H24O4Pb. The summed E-state index contributed by atoms with van der Waals surface area (Å²) in [6.45, 7) is 4.41. The number of allylic oxidation sites excluding steroid dienone is 1. The monoisotopic (exact) mass is 488 g/mol. The minimum absolute atomic E-state index is 0.597. The molecule has 0 saturated heterocycles. The quantitative estimate of drug-likeness (QED) is 0.495. The van der Waals surface area contributed by atoms with Gasteiger partial charge in [-0.15, -0.1) is 0 Å². The van der Waals surface area contributed by atoms with E-state index >= 15 is 0 Å². The molecule has 0 heterocycles. The van der Waals surface area contributed by atoms with Gasteiger partial charge in [-0.2, -0.15) is 0 Å². The molecule has 0 bridgehead atoms. The van der Waals surface area contributed by atoms with E-state index in [-0.39, 0.29) is 0 Å². The number of carbonyl (C=O) groups is 2. The zero-order valence-electron chi connectivity index (χ0n) is 12.9. The van der Waals surface area contributed by atoms with Gasteiger partial charge in [0.1, 0.15) is 0 Å². The van der Waals surface area contributed by atoms with Crippen LogP contribution in [0.5, 0.6) is 0 Å². The maximum absolute atomic E-state index is 9.00. The van der Waals surface area contributed by atoms with Gasteiger partial charge in [-0.05, 0) is 0 Å². The summed E-state index contributed by atoms with van der Waals surface area (Å²) in [7, 11) is 0. The fraction of sp³-hybridized carbons (Fsp3) is 0.375. The van der Waals surface area contributed by atoms with Gasteiger partial charge in [-0.1, -0.05) is 0 Å². The molecular weight excluding hydrogens is 463 g/mol. The zero-order chi connectivity index (χ0) is 16.5. The van der Waals surface area contributed by atoms with E-state index in [4.69, 9.17) is 19.8 Å². The summed E-state index contributed by atoms with van der Waals surface area (Å²) >= 11 is -0.597. The zero-order valence-corrected chi connectivity index (χ0v) is 16.8. The SMILES string of the molecule is CC(=O)O.CC(=O)O.CCCC/C=[CH]/[Pb][c]1ccccc1. The molecule has 0 aliphatic rings. The van der Waals surface area contributed by atoms with Crippen LogP contribution in [-0.4, -0.2) is 46.4 Å². The number of rotatable bonds is 5. The van der Waals surface area contributed by atoms with Crippen molar-refractivity contribution < 1.29 is 19.8 Å². The van der Waals surface area contributed by atoms with Gasteiger partial charge in [0.25, 0.3) is 11.9 Å². The van der Waals surface area contributed by atoms with Crippen LogP contribution in [0.25, 0.3) is 0 Å². The topological polar surface area (TPSA) is 74.6 Å². The Kier molecular flexibility index (Phi) is 17.8. The third kappa shape index (κ3) is 27.9. The van der Waals surface area contributed by atoms with Crippen molar-refractivity contribution in [2.45, 2.75) is 40.0 Å². The molecule has 116 valence electrons. The number of carboxylic acid groups (broad SMARTS) is 2. The number of hydrogen-bond acceptors (Lipinski definition) is 2. The summed E-state index contributed by atoms with van der Waals surface area (Å²) < 4.78 is 4.06. The Morgan fingerprint density at radius 2 is 1.57 bits per heavy atom. The number of aliphatic carboxylic acids is 2. The summed E-state index contributed by atoms with van der Waals surface area (Å²) in [5, 5.41) is 14.8. The molecule has 1 aromatic rings. The van der Waals surface area contributed by atoms with E-state index in [2.05, 4.69) is 47.0 Å². The second kappa shape index (κ2) is 16.9. The second-order valence-electron chi connectivity index (χ2n) is 4.09. The third-order valence-electron chi connectivity index (χ3n) is 1.87. The van der Waals surface area contributed by atoms with Crippen molar-refractivity contribution in [1.82, 2.24) is 0 Å². The molecule has 0 aromatic heterocycles. The molecule has 5 heteroatoms. The van der Waals surface area contributed by atoms with Crippen LogP contribution < -0.4 is 3.12 Å². The molecule has 2 radical (unpaired) electrons. The van der Waals surface area contributed by atoms with E-state index in [1.54, 1.807) is 3.12 Å². The maximum atomic E-state index is 9.00. The van der Waals surface area contributed by atoms with E-state index in [1.165, 1.54) is 19.3 Å². The molecule has 2 N–H and O–H groups in total. The van der Waals surface area contributed by atoms with E-state index < -0.39 is 36.2 Å². The van der Waals surface area contributed by atoms with Crippen molar-refractivity contribution in [1.29, 1.82) is 0 Å². The van der Waals surface area contributed by atoms with Gasteiger partial charge in [0.05, 0.1) is 0 Å². The van der Waals surface area contributed by atoms with Gasteiger partial charge in [-0.3, -0.25) is 9.59 Å². The summed E-state index contributed by atoms with van der Waals surface area (Å²) in [6.07, 6.45) is 6.30. The number of carboxylic acids is 2. The van der Waals surface area contributed by atoms with Gasteiger partial charge in [0.15, 0.2) is 0 Å². The standard InChI is InChI=1S/C6H5.C6H11.2C2H4O2.Pb/c1-2-4-6-5-3-1;1-3-5-6-4-2;2*1-2(3)4;/h1-5H;1,3H,4-6H2,2H3;2*1H3,(H,3,4);. The summed E-state index contributed by atoms with van der Waals surface area (Å²) in [5.41, 5.74) is 0.